The van der Waals surface area contributed by atoms with Crippen molar-refractivity contribution in [2.45, 2.75) is 0 Å². The summed E-state index contributed by atoms with van der Waals surface area (Å²) in [5, 5.41) is 12.2. The zero-order valence-electron chi connectivity index (χ0n) is 8.75. The first-order chi connectivity index (χ1) is 8.66. The van der Waals surface area contributed by atoms with Gasteiger partial charge >= 0.3 is 5.97 Å². The van der Waals surface area contributed by atoms with Gasteiger partial charge in [-0.05, 0) is 18.2 Å². The summed E-state index contributed by atoms with van der Waals surface area (Å²) in [5.74, 6) is -1.05. The molecule has 0 aliphatic rings. The number of aromatic carboxylic acids is 1. The summed E-state index contributed by atoms with van der Waals surface area (Å²) < 4.78 is 10.1. The van der Waals surface area contributed by atoms with Crippen LogP contribution in [0.15, 0.2) is 33.5 Å². The fourth-order valence-electron chi connectivity index (χ4n) is 1.59. The summed E-state index contributed by atoms with van der Waals surface area (Å²) in [6.45, 7) is 0. The van der Waals surface area contributed by atoms with Crippen LogP contribution in [-0.2, 0) is 0 Å². The number of halogens is 1. The van der Waals surface area contributed by atoms with Crippen LogP contribution in [0.25, 0.3) is 22.4 Å². The first-order valence-electron chi connectivity index (χ1n) is 4.89. The van der Waals surface area contributed by atoms with Gasteiger partial charge in [0.05, 0.1) is 0 Å². The Morgan fingerprint density at radius 3 is 2.94 bits per heavy atom. The van der Waals surface area contributed by atoms with E-state index in [1.807, 2.05) is 0 Å². The van der Waals surface area contributed by atoms with Crippen LogP contribution >= 0.6 is 11.6 Å². The molecule has 6 nitrogen and oxygen atoms in total. The van der Waals surface area contributed by atoms with E-state index in [2.05, 4.69) is 10.1 Å². The van der Waals surface area contributed by atoms with E-state index in [4.69, 9.17) is 25.6 Å². The number of oxazole rings is 1. The predicted octanol–water partition coefficient (Wildman–Crippen LogP) is 2.83. The molecule has 1 aromatic carbocycles. The summed E-state index contributed by atoms with van der Waals surface area (Å²) in [6, 6.07) is 5.07. The van der Waals surface area contributed by atoms with Crippen LogP contribution in [0.4, 0.5) is 0 Å². The molecule has 0 atom stereocenters. The van der Waals surface area contributed by atoms with Gasteiger partial charge in [0.2, 0.25) is 5.69 Å². The quantitative estimate of drug-likeness (QED) is 0.765. The molecule has 0 unspecified atom stereocenters. The van der Waals surface area contributed by atoms with Crippen LogP contribution in [-0.4, -0.2) is 21.2 Å². The third-order valence-corrected chi connectivity index (χ3v) is 2.78. The van der Waals surface area contributed by atoms with Crippen LogP contribution in [0.2, 0.25) is 5.02 Å². The van der Waals surface area contributed by atoms with Crippen molar-refractivity contribution in [3.05, 3.63) is 35.3 Å². The van der Waals surface area contributed by atoms with Gasteiger partial charge in [0, 0.05) is 5.56 Å². The molecule has 0 saturated heterocycles. The highest BCUT2D eigenvalue weighted by atomic mass is 35.5. The fraction of sp³-hybridized carbons (Fsp3) is 0. The molecule has 0 bridgehead atoms. The molecule has 18 heavy (non-hydrogen) atoms. The number of rotatable bonds is 2. The van der Waals surface area contributed by atoms with Crippen molar-refractivity contribution >= 4 is 28.7 Å². The Hall–Kier alpha value is -2.34. The number of fused-ring (bicyclic) bond motifs is 1. The van der Waals surface area contributed by atoms with E-state index in [9.17, 15) is 4.79 Å². The lowest BCUT2D eigenvalue weighted by atomic mass is 10.1. The molecule has 2 heterocycles. The molecule has 0 aliphatic carbocycles. The van der Waals surface area contributed by atoms with Crippen molar-refractivity contribution in [2.24, 2.45) is 0 Å². The third-order valence-electron chi connectivity index (χ3n) is 2.43. The van der Waals surface area contributed by atoms with Crippen molar-refractivity contribution in [2.75, 3.05) is 0 Å². The Labute approximate surface area is 105 Å². The number of benzene rings is 1. The Bertz CT molecular complexity index is 746. The van der Waals surface area contributed by atoms with Gasteiger partial charge in [0.25, 0.3) is 0 Å². The zero-order valence-corrected chi connectivity index (χ0v) is 9.51. The molecule has 0 fully saturated rings. The second-order valence-electron chi connectivity index (χ2n) is 3.51. The molecule has 0 amide bonds. The molecule has 7 heteroatoms. The molecule has 0 spiro atoms. The van der Waals surface area contributed by atoms with Crippen molar-refractivity contribution < 1.29 is 18.8 Å². The number of aromatic nitrogens is 2. The Kier molecular flexibility index (Phi) is 2.31. The first-order valence-corrected chi connectivity index (χ1v) is 5.26. The standard InChI is InChI=1S/C11H5ClN2O4/c12-8-9(11(15)16)14-18-10(8)5-1-2-6-7(3-5)17-4-13-6/h1-4H,(H,15,16). The van der Waals surface area contributed by atoms with Gasteiger partial charge in [0.1, 0.15) is 10.5 Å². The van der Waals surface area contributed by atoms with Crippen LogP contribution < -0.4 is 0 Å². The van der Waals surface area contributed by atoms with Gasteiger partial charge < -0.3 is 14.0 Å². The summed E-state index contributed by atoms with van der Waals surface area (Å²) in [6.07, 6.45) is 1.32. The van der Waals surface area contributed by atoms with E-state index in [-0.39, 0.29) is 16.5 Å². The van der Waals surface area contributed by atoms with E-state index in [1.54, 1.807) is 18.2 Å². The number of carbonyl (C=O) groups is 1. The molecule has 3 rings (SSSR count). The molecule has 0 radical (unpaired) electrons. The molecule has 0 aliphatic heterocycles. The molecule has 0 saturated carbocycles. The normalized spacial score (nSPS) is 10.9. The van der Waals surface area contributed by atoms with Crippen LogP contribution in [0.3, 0.4) is 0 Å². The van der Waals surface area contributed by atoms with Crippen molar-refractivity contribution in [3.63, 3.8) is 0 Å². The predicted molar refractivity (Wildman–Crippen MR) is 61.5 cm³/mol. The van der Waals surface area contributed by atoms with Gasteiger partial charge in [0.15, 0.2) is 17.7 Å². The summed E-state index contributed by atoms with van der Waals surface area (Å²) in [4.78, 5) is 14.8. The van der Waals surface area contributed by atoms with Crippen molar-refractivity contribution in [3.8, 4) is 11.3 Å². The van der Waals surface area contributed by atoms with Crippen LogP contribution in [0.1, 0.15) is 10.5 Å². The maximum absolute atomic E-state index is 10.8. The highest BCUT2D eigenvalue weighted by molar-refractivity contribution is 6.35. The largest absolute Gasteiger partial charge is 0.476 e. The summed E-state index contributed by atoms with van der Waals surface area (Å²) >= 11 is 5.90. The van der Waals surface area contributed by atoms with Crippen LogP contribution in [0, 0.1) is 0 Å². The Morgan fingerprint density at radius 1 is 1.39 bits per heavy atom. The second-order valence-corrected chi connectivity index (χ2v) is 3.89. The molecule has 3 aromatic rings. The monoisotopic (exact) mass is 264 g/mol. The van der Waals surface area contributed by atoms with Gasteiger partial charge in [-0.25, -0.2) is 9.78 Å². The SMILES string of the molecule is O=C(O)c1noc(-c2ccc3ncoc3c2)c1Cl. The van der Waals surface area contributed by atoms with Gasteiger partial charge in [-0.2, -0.15) is 0 Å². The van der Waals surface area contributed by atoms with Crippen molar-refractivity contribution in [1.29, 1.82) is 0 Å². The highest BCUT2D eigenvalue weighted by Crippen LogP contribution is 2.32. The van der Waals surface area contributed by atoms with E-state index < -0.39 is 5.97 Å². The Morgan fingerprint density at radius 2 is 2.22 bits per heavy atom. The number of nitrogens with zero attached hydrogens (tertiary/aromatic N) is 2. The maximum atomic E-state index is 10.8. The lowest BCUT2D eigenvalue weighted by Crippen LogP contribution is -1.96. The second kappa shape index (κ2) is 3.85. The van der Waals surface area contributed by atoms with E-state index >= 15 is 0 Å². The first kappa shape index (κ1) is 10.8. The lowest BCUT2D eigenvalue weighted by Gasteiger charge is -1.95. The van der Waals surface area contributed by atoms with Crippen molar-refractivity contribution in [1.82, 2.24) is 10.1 Å². The molecular formula is C11H5ClN2O4. The highest BCUT2D eigenvalue weighted by Gasteiger charge is 2.21. The van der Waals surface area contributed by atoms with Crippen LogP contribution in [0.5, 0.6) is 0 Å². The summed E-state index contributed by atoms with van der Waals surface area (Å²) in [7, 11) is 0. The third kappa shape index (κ3) is 1.54. The number of hydrogen-bond donors (Lipinski definition) is 1. The minimum Gasteiger partial charge on any atom is -0.476 e. The molecular weight excluding hydrogens is 260 g/mol. The number of carboxylic acids is 1. The molecule has 1 N–H and O–H groups in total. The average molecular weight is 265 g/mol. The fourth-order valence-corrected chi connectivity index (χ4v) is 1.85. The number of hydrogen-bond acceptors (Lipinski definition) is 5. The minimum absolute atomic E-state index is 0.0404. The summed E-state index contributed by atoms with van der Waals surface area (Å²) in [5.41, 5.74) is 1.50. The smallest absolute Gasteiger partial charge is 0.359 e. The van der Waals surface area contributed by atoms with E-state index in [0.29, 0.717) is 16.7 Å². The molecule has 90 valence electrons. The van der Waals surface area contributed by atoms with Gasteiger partial charge in [-0.3, -0.25) is 0 Å². The lowest BCUT2D eigenvalue weighted by molar-refractivity contribution is 0.0686. The maximum Gasteiger partial charge on any atom is 0.359 e. The minimum atomic E-state index is -1.24. The number of carboxylic acid groups (broad SMARTS) is 1. The molecule has 2 aromatic heterocycles. The Balaban J connectivity index is 2.16. The average Bonchev–Trinajstić information content (AvgIpc) is 2.93. The van der Waals surface area contributed by atoms with Gasteiger partial charge in [-0.15, -0.1) is 0 Å². The zero-order chi connectivity index (χ0) is 12.7. The van der Waals surface area contributed by atoms with Gasteiger partial charge in [-0.1, -0.05) is 16.8 Å². The van der Waals surface area contributed by atoms with E-state index in [1.165, 1.54) is 6.39 Å². The van der Waals surface area contributed by atoms with E-state index in [0.717, 1.165) is 0 Å². The topological polar surface area (TPSA) is 89.4 Å².